The standard InChI is InChI=1S/C21H18BrN3O3S/c1-12(28-21(27)17-10-13-9-14(22)7-8-15(13)23-17)20(26)25(2)11-19-24-16-5-3-4-6-18(16)29-19/h3-10,12,23H,11H2,1-2H3. The first-order chi connectivity index (χ1) is 13.9. The quantitative estimate of drug-likeness (QED) is 0.426. The van der Waals surface area contributed by atoms with Gasteiger partial charge in [0.1, 0.15) is 10.7 Å². The number of aromatic amines is 1. The maximum absolute atomic E-state index is 12.7. The van der Waals surface area contributed by atoms with E-state index in [9.17, 15) is 9.59 Å². The van der Waals surface area contributed by atoms with Crippen molar-refractivity contribution < 1.29 is 14.3 Å². The molecule has 1 amide bonds. The van der Waals surface area contributed by atoms with Gasteiger partial charge in [0, 0.05) is 22.4 Å². The van der Waals surface area contributed by atoms with Crippen LogP contribution in [0.3, 0.4) is 0 Å². The van der Waals surface area contributed by atoms with E-state index in [0.29, 0.717) is 12.2 Å². The second-order valence-corrected chi connectivity index (χ2v) is 8.76. The maximum atomic E-state index is 12.7. The monoisotopic (exact) mass is 471 g/mol. The van der Waals surface area contributed by atoms with Crippen LogP contribution < -0.4 is 0 Å². The number of aromatic nitrogens is 2. The Bertz CT molecular complexity index is 1180. The molecule has 0 spiro atoms. The number of fused-ring (bicyclic) bond motifs is 2. The lowest BCUT2D eigenvalue weighted by Gasteiger charge is -2.20. The number of H-pyrrole nitrogens is 1. The molecule has 0 saturated carbocycles. The van der Waals surface area contributed by atoms with E-state index in [4.69, 9.17) is 4.74 Å². The van der Waals surface area contributed by atoms with Crippen molar-refractivity contribution in [3.8, 4) is 0 Å². The van der Waals surface area contributed by atoms with Crippen molar-refractivity contribution in [3.63, 3.8) is 0 Å². The number of thiazole rings is 1. The average Bonchev–Trinajstić information content (AvgIpc) is 3.30. The van der Waals surface area contributed by atoms with Gasteiger partial charge in [-0.05, 0) is 43.3 Å². The maximum Gasteiger partial charge on any atom is 0.355 e. The largest absolute Gasteiger partial charge is 0.448 e. The van der Waals surface area contributed by atoms with Crippen LogP contribution >= 0.6 is 27.3 Å². The zero-order chi connectivity index (χ0) is 20.5. The fourth-order valence-corrected chi connectivity index (χ4v) is 4.47. The summed E-state index contributed by atoms with van der Waals surface area (Å²) in [7, 11) is 1.68. The summed E-state index contributed by atoms with van der Waals surface area (Å²) in [6.07, 6.45) is -0.903. The molecule has 29 heavy (non-hydrogen) atoms. The second-order valence-electron chi connectivity index (χ2n) is 6.73. The number of benzene rings is 2. The molecule has 2 aromatic carbocycles. The third-order valence-corrected chi connectivity index (χ3v) is 6.04. The Morgan fingerprint density at radius 3 is 2.83 bits per heavy atom. The van der Waals surface area contributed by atoms with Crippen molar-refractivity contribution in [3.05, 3.63) is 63.7 Å². The van der Waals surface area contributed by atoms with E-state index >= 15 is 0 Å². The number of para-hydroxylation sites is 1. The normalized spacial score (nSPS) is 12.2. The first-order valence-electron chi connectivity index (χ1n) is 8.99. The van der Waals surface area contributed by atoms with Crippen LogP contribution in [-0.4, -0.2) is 39.9 Å². The molecule has 8 heteroatoms. The first kappa shape index (κ1) is 19.6. The summed E-state index contributed by atoms with van der Waals surface area (Å²) in [5.41, 5.74) is 2.05. The summed E-state index contributed by atoms with van der Waals surface area (Å²) in [5.74, 6) is -0.844. The number of nitrogens with zero attached hydrogens (tertiary/aromatic N) is 2. The molecule has 4 aromatic rings. The summed E-state index contributed by atoms with van der Waals surface area (Å²) in [6, 6.07) is 15.2. The molecule has 1 N–H and O–H groups in total. The van der Waals surface area contributed by atoms with Gasteiger partial charge in [0.15, 0.2) is 6.10 Å². The highest BCUT2D eigenvalue weighted by molar-refractivity contribution is 9.10. The lowest BCUT2D eigenvalue weighted by atomic mass is 10.2. The average molecular weight is 472 g/mol. The molecule has 0 radical (unpaired) electrons. The number of nitrogens with one attached hydrogen (secondary N) is 1. The number of hydrogen-bond acceptors (Lipinski definition) is 5. The molecule has 2 heterocycles. The Morgan fingerprint density at radius 2 is 2.03 bits per heavy atom. The van der Waals surface area contributed by atoms with Crippen molar-refractivity contribution in [1.82, 2.24) is 14.9 Å². The number of esters is 1. The zero-order valence-corrected chi connectivity index (χ0v) is 18.2. The van der Waals surface area contributed by atoms with Gasteiger partial charge in [0.2, 0.25) is 0 Å². The summed E-state index contributed by atoms with van der Waals surface area (Å²) in [5, 5.41) is 1.72. The minimum Gasteiger partial charge on any atom is -0.448 e. The summed E-state index contributed by atoms with van der Waals surface area (Å²) in [4.78, 5) is 34.2. The predicted octanol–water partition coefficient (Wildman–Crippen LogP) is 4.74. The van der Waals surface area contributed by atoms with Gasteiger partial charge in [0.25, 0.3) is 5.91 Å². The van der Waals surface area contributed by atoms with E-state index in [1.807, 2.05) is 42.5 Å². The fraction of sp³-hybridized carbons (Fsp3) is 0.190. The SMILES string of the molecule is CC(OC(=O)c1cc2cc(Br)ccc2[nH]1)C(=O)N(C)Cc1nc2ccccc2s1. The van der Waals surface area contributed by atoms with Crippen LogP contribution in [0.5, 0.6) is 0 Å². The van der Waals surface area contributed by atoms with Crippen molar-refractivity contribution in [1.29, 1.82) is 0 Å². The second kappa shape index (κ2) is 7.96. The highest BCUT2D eigenvalue weighted by Crippen LogP contribution is 2.23. The summed E-state index contributed by atoms with van der Waals surface area (Å²) >= 11 is 4.96. The van der Waals surface area contributed by atoms with Gasteiger partial charge < -0.3 is 14.6 Å². The van der Waals surface area contributed by atoms with Gasteiger partial charge in [-0.3, -0.25) is 4.79 Å². The van der Waals surface area contributed by atoms with E-state index in [2.05, 4.69) is 25.9 Å². The molecule has 0 aliphatic carbocycles. The highest BCUT2D eigenvalue weighted by atomic mass is 79.9. The lowest BCUT2D eigenvalue weighted by Crippen LogP contribution is -2.37. The van der Waals surface area contributed by atoms with Crippen LogP contribution in [0.25, 0.3) is 21.1 Å². The number of halogens is 1. The molecule has 148 valence electrons. The van der Waals surface area contributed by atoms with Crippen LogP contribution in [0.1, 0.15) is 22.4 Å². The zero-order valence-electron chi connectivity index (χ0n) is 15.8. The van der Waals surface area contributed by atoms with E-state index in [1.54, 1.807) is 31.4 Å². The minimum absolute atomic E-state index is 0.281. The molecule has 2 aromatic heterocycles. The van der Waals surface area contributed by atoms with E-state index < -0.39 is 12.1 Å². The number of ether oxygens (including phenoxy) is 1. The smallest absolute Gasteiger partial charge is 0.355 e. The van der Waals surface area contributed by atoms with Crippen LogP contribution in [0.15, 0.2) is 53.0 Å². The Balaban J connectivity index is 1.41. The molecule has 1 unspecified atom stereocenters. The summed E-state index contributed by atoms with van der Waals surface area (Å²) < 4.78 is 7.38. The molecular formula is C21H18BrN3O3S. The molecule has 0 fully saturated rings. The van der Waals surface area contributed by atoms with Crippen molar-refractivity contribution in [2.45, 2.75) is 19.6 Å². The Hall–Kier alpha value is -2.71. The number of likely N-dealkylation sites (N-methyl/N-ethyl adjacent to an activating group) is 1. The minimum atomic E-state index is -0.903. The van der Waals surface area contributed by atoms with Gasteiger partial charge in [0.05, 0.1) is 16.8 Å². The van der Waals surface area contributed by atoms with E-state index in [0.717, 1.165) is 30.6 Å². The first-order valence-corrected chi connectivity index (χ1v) is 10.6. The van der Waals surface area contributed by atoms with Gasteiger partial charge >= 0.3 is 5.97 Å². The van der Waals surface area contributed by atoms with Gasteiger partial charge in [-0.1, -0.05) is 28.1 Å². The van der Waals surface area contributed by atoms with E-state index in [-0.39, 0.29) is 5.91 Å². The third-order valence-electron chi connectivity index (χ3n) is 4.52. The van der Waals surface area contributed by atoms with E-state index in [1.165, 1.54) is 4.90 Å². The van der Waals surface area contributed by atoms with Crippen LogP contribution in [0.2, 0.25) is 0 Å². The number of amides is 1. The highest BCUT2D eigenvalue weighted by Gasteiger charge is 2.24. The number of rotatable bonds is 5. The predicted molar refractivity (Wildman–Crippen MR) is 117 cm³/mol. The van der Waals surface area contributed by atoms with Gasteiger partial charge in [-0.2, -0.15) is 0 Å². The molecule has 0 bridgehead atoms. The molecule has 6 nitrogen and oxygen atoms in total. The fourth-order valence-electron chi connectivity index (χ4n) is 3.07. The molecule has 0 aliphatic rings. The molecule has 0 saturated heterocycles. The summed E-state index contributed by atoms with van der Waals surface area (Å²) in [6.45, 7) is 1.94. The molecule has 4 rings (SSSR count). The number of hydrogen-bond donors (Lipinski definition) is 1. The Morgan fingerprint density at radius 1 is 1.24 bits per heavy atom. The van der Waals surface area contributed by atoms with Gasteiger partial charge in [-0.15, -0.1) is 11.3 Å². The van der Waals surface area contributed by atoms with Crippen LogP contribution in [0, 0.1) is 0 Å². The van der Waals surface area contributed by atoms with Crippen LogP contribution in [0.4, 0.5) is 0 Å². The molecule has 1 atom stereocenters. The molecule has 0 aliphatic heterocycles. The Labute approximate surface area is 179 Å². The topological polar surface area (TPSA) is 75.3 Å². The van der Waals surface area contributed by atoms with Crippen molar-refractivity contribution >= 4 is 60.3 Å². The van der Waals surface area contributed by atoms with Crippen molar-refractivity contribution in [2.75, 3.05) is 7.05 Å². The van der Waals surface area contributed by atoms with Gasteiger partial charge in [-0.25, -0.2) is 9.78 Å². The third kappa shape index (κ3) is 4.18. The van der Waals surface area contributed by atoms with Crippen LogP contribution in [-0.2, 0) is 16.1 Å². The molecular weight excluding hydrogens is 454 g/mol. The number of carbonyl (C=O) groups is 2. The van der Waals surface area contributed by atoms with Crippen molar-refractivity contribution in [2.24, 2.45) is 0 Å². The Kier molecular flexibility index (Phi) is 5.38. The number of carbonyl (C=O) groups excluding carboxylic acids is 2. The lowest BCUT2D eigenvalue weighted by molar-refractivity contribution is -0.139.